The first-order chi connectivity index (χ1) is 9.72. The van der Waals surface area contributed by atoms with Crippen LogP contribution in [0.4, 0.5) is 4.79 Å². The topological polar surface area (TPSA) is 41.1 Å². The average Bonchev–Trinajstić information content (AvgIpc) is 3.09. The van der Waals surface area contributed by atoms with E-state index in [9.17, 15) is 4.79 Å². The molecule has 3 nitrogen and oxygen atoms in total. The van der Waals surface area contributed by atoms with Crippen LogP contribution in [0.3, 0.4) is 0 Å². The zero-order chi connectivity index (χ0) is 13.9. The number of urea groups is 1. The van der Waals surface area contributed by atoms with Gasteiger partial charge in [0.25, 0.3) is 0 Å². The van der Waals surface area contributed by atoms with Gasteiger partial charge in [-0.3, -0.25) is 0 Å². The first kappa shape index (κ1) is 13.6. The highest BCUT2D eigenvalue weighted by Crippen LogP contribution is 2.40. The van der Waals surface area contributed by atoms with Crippen molar-refractivity contribution in [3.05, 3.63) is 56.7 Å². The maximum absolute atomic E-state index is 11.8. The van der Waals surface area contributed by atoms with E-state index in [1.54, 1.807) is 11.3 Å². The van der Waals surface area contributed by atoms with E-state index in [0.717, 1.165) is 15.1 Å². The number of benzene rings is 1. The first-order valence-corrected chi connectivity index (χ1v) is 8.17. The van der Waals surface area contributed by atoms with Crippen LogP contribution in [0.25, 0.3) is 0 Å². The fourth-order valence-corrected chi connectivity index (χ4v) is 3.68. The van der Waals surface area contributed by atoms with Crippen LogP contribution in [0.5, 0.6) is 0 Å². The molecule has 1 aromatic heterocycles. The summed E-state index contributed by atoms with van der Waals surface area (Å²) in [5.41, 5.74) is 1.31. The predicted molar refractivity (Wildman–Crippen MR) is 85.0 cm³/mol. The van der Waals surface area contributed by atoms with Crippen molar-refractivity contribution in [2.45, 2.75) is 24.9 Å². The maximum Gasteiger partial charge on any atom is 0.315 e. The van der Waals surface area contributed by atoms with Gasteiger partial charge in [0.2, 0.25) is 0 Å². The van der Waals surface area contributed by atoms with E-state index in [0.29, 0.717) is 12.5 Å². The van der Waals surface area contributed by atoms with Crippen LogP contribution >= 0.6 is 27.3 Å². The quantitative estimate of drug-likeness (QED) is 0.863. The molecule has 1 fully saturated rings. The third-order valence-corrected chi connectivity index (χ3v) is 5.01. The van der Waals surface area contributed by atoms with Crippen molar-refractivity contribution in [3.8, 4) is 0 Å². The smallest absolute Gasteiger partial charge is 0.315 e. The molecule has 2 aromatic rings. The average molecular weight is 351 g/mol. The summed E-state index contributed by atoms with van der Waals surface area (Å²) in [7, 11) is 0. The number of amides is 2. The van der Waals surface area contributed by atoms with E-state index in [-0.39, 0.29) is 12.1 Å². The van der Waals surface area contributed by atoms with Crippen LogP contribution in [-0.2, 0) is 6.54 Å². The molecule has 3 rings (SSSR count). The molecule has 2 unspecified atom stereocenters. The number of hydrogen-bond donors (Lipinski definition) is 2. The van der Waals surface area contributed by atoms with E-state index < -0.39 is 0 Å². The highest BCUT2D eigenvalue weighted by molar-refractivity contribution is 9.11. The van der Waals surface area contributed by atoms with Crippen LogP contribution in [0.15, 0.2) is 46.3 Å². The lowest BCUT2D eigenvalue weighted by Gasteiger charge is -2.06. The second-order valence-corrected chi connectivity index (χ2v) is 7.44. The zero-order valence-electron chi connectivity index (χ0n) is 10.8. The largest absolute Gasteiger partial charge is 0.335 e. The summed E-state index contributed by atoms with van der Waals surface area (Å²) in [6.07, 6.45) is 1.03. The molecule has 0 saturated heterocycles. The van der Waals surface area contributed by atoms with E-state index in [4.69, 9.17) is 0 Å². The first-order valence-electron chi connectivity index (χ1n) is 6.56. The fraction of sp³-hybridized carbons (Fsp3) is 0.267. The molecule has 2 N–H and O–H groups in total. The van der Waals surface area contributed by atoms with Gasteiger partial charge in [-0.05, 0) is 40.0 Å². The number of nitrogens with one attached hydrogen (secondary N) is 2. The van der Waals surface area contributed by atoms with Crippen molar-refractivity contribution in [1.29, 1.82) is 0 Å². The lowest BCUT2D eigenvalue weighted by molar-refractivity contribution is 0.240. The van der Waals surface area contributed by atoms with Gasteiger partial charge in [-0.25, -0.2) is 4.79 Å². The minimum absolute atomic E-state index is 0.0852. The van der Waals surface area contributed by atoms with Gasteiger partial charge < -0.3 is 10.6 Å². The van der Waals surface area contributed by atoms with Crippen LogP contribution < -0.4 is 10.6 Å². The monoisotopic (exact) mass is 350 g/mol. The van der Waals surface area contributed by atoms with Crippen molar-refractivity contribution >= 4 is 33.3 Å². The van der Waals surface area contributed by atoms with E-state index in [2.05, 4.69) is 38.7 Å². The molecule has 2 atom stereocenters. The molecule has 0 bridgehead atoms. The Morgan fingerprint density at radius 3 is 2.75 bits per heavy atom. The van der Waals surface area contributed by atoms with Crippen molar-refractivity contribution in [1.82, 2.24) is 10.6 Å². The highest BCUT2D eigenvalue weighted by Gasteiger charge is 2.39. The molecule has 5 heteroatoms. The third-order valence-electron chi connectivity index (χ3n) is 3.39. The fourth-order valence-electron chi connectivity index (χ4n) is 2.26. The van der Waals surface area contributed by atoms with E-state index in [1.807, 2.05) is 30.3 Å². The Labute approximate surface area is 130 Å². The zero-order valence-corrected chi connectivity index (χ0v) is 13.2. The van der Waals surface area contributed by atoms with Crippen LogP contribution in [0.1, 0.15) is 22.8 Å². The summed E-state index contributed by atoms with van der Waals surface area (Å²) < 4.78 is 1.08. The van der Waals surface area contributed by atoms with Gasteiger partial charge in [-0.2, -0.15) is 0 Å². The molecule has 1 aliphatic carbocycles. The highest BCUT2D eigenvalue weighted by atomic mass is 79.9. The lowest BCUT2D eigenvalue weighted by atomic mass is 10.1. The van der Waals surface area contributed by atoms with Gasteiger partial charge in [0.15, 0.2) is 0 Å². The number of thiophene rings is 1. The van der Waals surface area contributed by atoms with Crippen LogP contribution in [0.2, 0.25) is 0 Å². The molecule has 104 valence electrons. The summed E-state index contributed by atoms with van der Waals surface area (Å²) in [5.74, 6) is 0.470. The number of carbonyl (C=O) groups is 1. The second kappa shape index (κ2) is 5.97. The molecular formula is C15H15BrN2OS. The molecule has 1 heterocycles. The number of rotatable bonds is 4. The van der Waals surface area contributed by atoms with Crippen molar-refractivity contribution in [2.75, 3.05) is 0 Å². The summed E-state index contributed by atoms with van der Waals surface area (Å²) >= 11 is 5.05. The predicted octanol–water partition coefficient (Wildman–Crippen LogP) is 3.87. The number of halogens is 1. The molecule has 1 aliphatic rings. The third kappa shape index (κ3) is 3.41. The second-order valence-electron chi connectivity index (χ2n) is 4.89. The van der Waals surface area contributed by atoms with Crippen molar-refractivity contribution < 1.29 is 4.79 Å². The molecule has 1 saturated carbocycles. The molecule has 2 amide bonds. The molecular weight excluding hydrogens is 336 g/mol. The Hall–Kier alpha value is -1.33. The Morgan fingerprint density at radius 1 is 1.25 bits per heavy atom. The summed E-state index contributed by atoms with van der Waals surface area (Å²) in [5, 5.41) is 5.92. The summed E-state index contributed by atoms with van der Waals surface area (Å²) in [6.45, 7) is 0.574. The normalized spacial score (nSPS) is 20.4. The molecule has 0 aliphatic heterocycles. The van der Waals surface area contributed by atoms with Gasteiger partial charge in [-0.1, -0.05) is 30.3 Å². The Balaban J connectivity index is 1.44. The standard InChI is InChI=1S/C15H15BrN2OS/c16-14-7-6-11(20-14)9-17-15(19)18-13-8-12(13)10-4-2-1-3-5-10/h1-7,12-13H,8-9H2,(H2,17,18,19). The SMILES string of the molecule is O=C(NCc1ccc(Br)s1)NC1CC1c1ccccc1. The van der Waals surface area contributed by atoms with Crippen LogP contribution in [0, 0.1) is 0 Å². The molecule has 1 aromatic carbocycles. The lowest BCUT2D eigenvalue weighted by Crippen LogP contribution is -2.36. The van der Waals surface area contributed by atoms with E-state index >= 15 is 0 Å². The maximum atomic E-state index is 11.8. The van der Waals surface area contributed by atoms with Crippen molar-refractivity contribution in [2.24, 2.45) is 0 Å². The van der Waals surface area contributed by atoms with Gasteiger partial charge in [0, 0.05) is 16.8 Å². The minimum atomic E-state index is -0.0852. The van der Waals surface area contributed by atoms with E-state index in [1.165, 1.54) is 5.56 Å². The van der Waals surface area contributed by atoms with Crippen LogP contribution in [-0.4, -0.2) is 12.1 Å². The molecule has 20 heavy (non-hydrogen) atoms. The van der Waals surface area contributed by atoms with Gasteiger partial charge in [0.05, 0.1) is 10.3 Å². The Morgan fingerprint density at radius 2 is 2.05 bits per heavy atom. The minimum Gasteiger partial charge on any atom is -0.335 e. The summed E-state index contributed by atoms with van der Waals surface area (Å²) in [6, 6.07) is 14.5. The number of hydrogen-bond acceptors (Lipinski definition) is 2. The van der Waals surface area contributed by atoms with Crippen molar-refractivity contribution in [3.63, 3.8) is 0 Å². The molecule has 0 spiro atoms. The molecule has 0 radical (unpaired) electrons. The summed E-state index contributed by atoms with van der Waals surface area (Å²) in [4.78, 5) is 13.0. The van der Waals surface area contributed by atoms with Gasteiger partial charge in [-0.15, -0.1) is 11.3 Å². The van der Waals surface area contributed by atoms with Gasteiger partial charge in [0.1, 0.15) is 0 Å². The number of carbonyl (C=O) groups excluding carboxylic acids is 1. The van der Waals surface area contributed by atoms with Gasteiger partial charge >= 0.3 is 6.03 Å². The Bertz CT molecular complexity index is 599. The Kier molecular flexibility index (Phi) is 4.08.